The maximum absolute atomic E-state index is 12.9. The Morgan fingerprint density at radius 3 is 2.55 bits per heavy atom. The van der Waals surface area contributed by atoms with E-state index in [1.165, 1.54) is 0 Å². The van der Waals surface area contributed by atoms with Crippen molar-refractivity contribution in [3.8, 4) is 0 Å². The standard InChI is InChI=1S/C21H19F3N4O4S/c22-21(23,24)13-5-6-18(17(11-13)28(31)32)33-12-19(29)26-9-7-14(8-10-26)27-16-4-2-1-3-15(16)25-20(27)30/h1-6,11,14H,7-10,12H2,(H,25,30). The summed E-state index contributed by atoms with van der Waals surface area (Å²) < 4.78 is 40.3. The second kappa shape index (κ2) is 8.93. The fourth-order valence-electron chi connectivity index (χ4n) is 4.00. The van der Waals surface area contributed by atoms with E-state index in [1.807, 2.05) is 24.3 Å². The van der Waals surface area contributed by atoms with Gasteiger partial charge < -0.3 is 9.88 Å². The number of fused-ring (bicyclic) bond motifs is 1. The van der Waals surface area contributed by atoms with Gasteiger partial charge in [-0.2, -0.15) is 13.2 Å². The van der Waals surface area contributed by atoms with Crippen molar-refractivity contribution >= 4 is 34.4 Å². The lowest BCUT2D eigenvalue weighted by atomic mass is 10.0. The first-order chi connectivity index (χ1) is 15.6. The summed E-state index contributed by atoms with van der Waals surface area (Å²) in [5, 5.41) is 11.2. The largest absolute Gasteiger partial charge is 0.416 e. The molecule has 8 nitrogen and oxygen atoms in total. The van der Waals surface area contributed by atoms with Crippen molar-refractivity contribution in [2.45, 2.75) is 30.0 Å². The van der Waals surface area contributed by atoms with Gasteiger partial charge in [-0.1, -0.05) is 12.1 Å². The number of halogens is 3. The van der Waals surface area contributed by atoms with E-state index in [1.54, 1.807) is 9.47 Å². The van der Waals surface area contributed by atoms with Gasteiger partial charge in [-0.05, 0) is 37.1 Å². The predicted octanol–water partition coefficient (Wildman–Crippen LogP) is 4.21. The highest BCUT2D eigenvalue weighted by Crippen LogP contribution is 2.36. The number of nitrogens with zero attached hydrogens (tertiary/aromatic N) is 3. The summed E-state index contributed by atoms with van der Waals surface area (Å²) in [5.74, 6) is -0.400. The number of benzene rings is 2. The molecule has 0 aliphatic carbocycles. The van der Waals surface area contributed by atoms with E-state index < -0.39 is 22.4 Å². The van der Waals surface area contributed by atoms with E-state index in [4.69, 9.17) is 0 Å². The number of piperidine rings is 1. The van der Waals surface area contributed by atoms with Gasteiger partial charge >= 0.3 is 11.9 Å². The Morgan fingerprint density at radius 2 is 1.88 bits per heavy atom. The number of carbonyl (C=O) groups excluding carboxylic acids is 1. The zero-order chi connectivity index (χ0) is 23.8. The first-order valence-corrected chi connectivity index (χ1v) is 11.1. The number of para-hydroxylation sites is 2. The summed E-state index contributed by atoms with van der Waals surface area (Å²) in [6, 6.07) is 9.57. The number of likely N-dealkylation sites (tertiary alicyclic amines) is 1. The summed E-state index contributed by atoms with van der Waals surface area (Å²) in [6.07, 6.45) is -3.56. The van der Waals surface area contributed by atoms with Gasteiger partial charge in [-0.15, -0.1) is 11.8 Å². The minimum atomic E-state index is -4.69. The van der Waals surface area contributed by atoms with Crippen molar-refractivity contribution in [2.24, 2.45) is 0 Å². The summed E-state index contributed by atoms with van der Waals surface area (Å²) in [6.45, 7) is 0.816. The fraction of sp³-hybridized carbons (Fsp3) is 0.333. The van der Waals surface area contributed by atoms with Crippen LogP contribution in [-0.2, 0) is 11.0 Å². The maximum atomic E-state index is 12.9. The van der Waals surface area contributed by atoms with Crippen LogP contribution in [0.5, 0.6) is 0 Å². The zero-order valence-corrected chi connectivity index (χ0v) is 18.0. The molecule has 1 aromatic heterocycles. The number of H-pyrrole nitrogens is 1. The van der Waals surface area contributed by atoms with Crippen LogP contribution in [0.25, 0.3) is 11.0 Å². The molecule has 33 heavy (non-hydrogen) atoms. The number of alkyl halides is 3. The average molecular weight is 480 g/mol. The molecule has 1 aliphatic rings. The van der Waals surface area contributed by atoms with Crippen molar-refractivity contribution in [3.63, 3.8) is 0 Å². The lowest BCUT2D eigenvalue weighted by Crippen LogP contribution is -2.41. The van der Waals surface area contributed by atoms with Crippen LogP contribution in [-0.4, -0.2) is 44.1 Å². The van der Waals surface area contributed by atoms with E-state index in [0.717, 1.165) is 34.9 Å². The van der Waals surface area contributed by atoms with Crippen LogP contribution in [0.3, 0.4) is 0 Å². The van der Waals surface area contributed by atoms with Crippen LogP contribution in [0.1, 0.15) is 24.4 Å². The number of amides is 1. The quantitative estimate of drug-likeness (QED) is 0.335. The summed E-state index contributed by atoms with van der Waals surface area (Å²) in [7, 11) is 0. The second-order valence-corrected chi connectivity index (χ2v) is 8.67. The molecule has 0 spiro atoms. The molecule has 4 rings (SSSR count). The molecule has 1 N–H and O–H groups in total. The molecule has 1 amide bonds. The van der Waals surface area contributed by atoms with Crippen molar-refractivity contribution < 1.29 is 22.9 Å². The SMILES string of the molecule is O=C(CSc1ccc(C(F)(F)F)cc1[N+](=O)[O-])N1CCC(n2c(=O)[nH]c3ccccc32)CC1. The summed E-state index contributed by atoms with van der Waals surface area (Å²) in [4.78, 5) is 39.8. The second-order valence-electron chi connectivity index (χ2n) is 7.66. The van der Waals surface area contributed by atoms with Gasteiger partial charge in [0.15, 0.2) is 0 Å². The Balaban J connectivity index is 1.39. The molecule has 2 heterocycles. The molecule has 0 atom stereocenters. The highest BCUT2D eigenvalue weighted by Gasteiger charge is 2.33. The lowest BCUT2D eigenvalue weighted by Gasteiger charge is -2.32. The predicted molar refractivity (Wildman–Crippen MR) is 116 cm³/mol. The molecule has 174 valence electrons. The Bertz CT molecular complexity index is 1260. The van der Waals surface area contributed by atoms with Gasteiger partial charge in [0.2, 0.25) is 5.91 Å². The molecule has 3 aromatic rings. The van der Waals surface area contributed by atoms with Crippen LogP contribution >= 0.6 is 11.8 Å². The number of nitrogens with one attached hydrogen (secondary N) is 1. The van der Waals surface area contributed by atoms with Crippen LogP contribution in [0.15, 0.2) is 52.2 Å². The third-order valence-corrected chi connectivity index (χ3v) is 6.69. The number of hydrogen-bond donors (Lipinski definition) is 1. The van der Waals surface area contributed by atoms with Gasteiger partial charge in [-0.3, -0.25) is 19.5 Å². The molecule has 0 unspecified atom stereocenters. The Morgan fingerprint density at radius 1 is 1.18 bits per heavy atom. The topological polar surface area (TPSA) is 101 Å². The van der Waals surface area contributed by atoms with Gasteiger partial charge in [-0.25, -0.2) is 4.79 Å². The fourth-order valence-corrected chi connectivity index (χ4v) is 4.91. The normalized spacial score (nSPS) is 15.2. The highest BCUT2D eigenvalue weighted by atomic mass is 32.2. The lowest BCUT2D eigenvalue weighted by molar-refractivity contribution is -0.388. The van der Waals surface area contributed by atoms with E-state index in [-0.39, 0.29) is 28.3 Å². The number of carbonyl (C=O) groups is 1. The van der Waals surface area contributed by atoms with Gasteiger partial charge in [0.1, 0.15) is 0 Å². The van der Waals surface area contributed by atoms with E-state index in [9.17, 15) is 32.9 Å². The number of nitro benzene ring substituents is 1. The smallest absolute Gasteiger partial charge is 0.342 e. The molecule has 1 fully saturated rings. The number of nitro groups is 1. The first-order valence-electron chi connectivity index (χ1n) is 10.1. The molecule has 0 radical (unpaired) electrons. The molecule has 1 aliphatic heterocycles. The van der Waals surface area contributed by atoms with E-state index in [2.05, 4.69) is 4.98 Å². The number of aromatic nitrogens is 2. The molecule has 1 saturated heterocycles. The summed E-state index contributed by atoms with van der Waals surface area (Å²) in [5.41, 5.74) is -0.446. The van der Waals surface area contributed by atoms with Gasteiger partial charge in [0, 0.05) is 25.2 Å². The molecular weight excluding hydrogens is 461 g/mol. The zero-order valence-electron chi connectivity index (χ0n) is 17.2. The van der Waals surface area contributed by atoms with Crippen LogP contribution in [0, 0.1) is 10.1 Å². The molecule has 0 bridgehead atoms. The average Bonchev–Trinajstić information content (AvgIpc) is 3.12. The van der Waals surface area contributed by atoms with Crippen molar-refractivity contribution in [2.75, 3.05) is 18.8 Å². The maximum Gasteiger partial charge on any atom is 0.416 e. The minimum Gasteiger partial charge on any atom is -0.342 e. The Labute approximate surface area is 189 Å². The minimum absolute atomic E-state index is 0.00146. The number of imidazole rings is 1. The Kier molecular flexibility index (Phi) is 6.19. The number of rotatable bonds is 5. The first kappa shape index (κ1) is 22.9. The number of aromatic amines is 1. The highest BCUT2D eigenvalue weighted by molar-refractivity contribution is 8.00. The van der Waals surface area contributed by atoms with Crippen molar-refractivity contribution in [1.29, 1.82) is 0 Å². The number of hydrogen-bond acceptors (Lipinski definition) is 5. The molecule has 2 aromatic carbocycles. The third kappa shape index (κ3) is 4.75. The van der Waals surface area contributed by atoms with Crippen LogP contribution in [0.4, 0.5) is 18.9 Å². The van der Waals surface area contributed by atoms with E-state index >= 15 is 0 Å². The van der Waals surface area contributed by atoms with Gasteiger partial charge in [0.05, 0.1) is 32.2 Å². The third-order valence-electron chi connectivity index (χ3n) is 5.64. The van der Waals surface area contributed by atoms with Gasteiger partial charge in [0.25, 0.3) is 5.69 Å². The van der Waals surface area contributed by atoms with Crippen LogP contribution in [0.2, 0.25) is 0 Å². The van der Waals surface area contributed by atoms with Crippen LogP contribution < -0.4 is 5.69 Å². The molecule has 0 saturated carbocycles. The summed E-state index contributed by atoms with van der Waals surface area (Å²) >= 11 is 0.839. The van der Waals surface area contributed by atoms with E-state index in [0.29, 0.717) is 32.0 Å². The number of thioether (sulfide) groups is 1. The monoisotopic (exact) mass is 480 g/mol. The Hall–Kier alpha value is -3.28. The van der Waals surface area contributed by atoms with Crippen molar-refractivity contribution in [3.05, 3.63) is 68.6 Å². The molecular formula is C21H19F3N4O4S. The van der Waals surface area contributed by atoms with Crippen molar-refractivity contribution in [1.82, 2.24) is 14.5 Å². The molecule has 12 heteroatoms.